The maximum absolute atomic E-state index is 8.48. The van der Waals surface area contributed by atoms with Crippen LogP contribution in [-0.4, -0.2) is 27.3 Å². The molecule has 0 heterocycles. The van der Waals surface area contributed by atoms with Crippen LogP contribution in [0.5, 0.6) is 0 Å². The molecular weight excluding hydrogens is 283 g/mol. The van der Waals surface area contributed by atoms with Gasteiger partial charge in [-0.15, -0.1) is 0 Å². The fourth-order valence-corrected chi connectivity index (χ4v) is 0. The summed E-state index contributed by atoms with van der Waals surface area (Å²) in [6.07, 6.45) is 0. The predicted octanol–water partition coefficient (Wildman–Crippen LogP) is -0.946. The molecule has 0 radical (unpaired) electrons. The van der Waals surface area contributed by atoms with E-state index in [0.717, 1.165) is 0 Å². The molecule has 0 saturated heterocycles. The van der Waals surface area contributed by atoms with Gasteiger partial charge in [-0.1, -0.05) is 0 Å². The Kier molecular flexibility index (Phi) is 8.84. The van der Waals surface area contributed by atoms with Crippen molar-refractivity contribution < 1.29 is 14.0 Å². The van der Waals surface area contributed by atoms with Crippen LogP contribution in [0.15, 0.2) is 0 Å². The molecule has 0 saturated carbocycles. The monoisotopic (exact) mass is 284 g/mol. The van der Waals surface area contributed by atoms with Crippen molar-refractivity contribution in [2.75, 3.05) is 0 Å². The minimum absolute atomic E-state index is 0. The summed E-state index contributed by atoms with van der Waals surface area (Å²) in [5.41, 5.74) is 0. The molecule has 0 aliphatic heterocycles. The molecule has 0 aliphatic rings. The molecule has 0 amide bonds. The van der Waals surface area contributed by atoms with Crippen LogP contribution < -0.4 is 4.89 Å². The van der Waals surface area contributed by atoms with E-state index >= 15 is 0 Å². The van der Waals surface area contributed by atoms with Crippen LogP contribution in [0.2, 0.25) is 0 Å². The Morgan fingerprint density at radius 2 is 1.40 bits per heavy atom. The summed E-state index contributed by atoms with van der Waals surface area (Å²) in [7, 11) is -3.37. The van der Waals surface area contributed by atoms with Crippen LogP contribution in [0.3, 0.4) is 0 Å². The smallest absolute Gasteiger partial charge is 0.744 e. The minimum atomic E-state index is -3.37. The van der Waals surface area contributed by atoms with E-state index in [4.69, 9.17) is 14.0 Å². The average molecular weight is 283 g/mol. The van der Waals surface area contributed by atoms with Crippen molar-refractivity contribution >= 4 is 35.2 Å². The first-order valence-electron chi connectivity index (χ1n) is 0.548. The maximum Gasteiger partial charge on any atom is 1.00 e. The Balaban J connectivity index is 0. The zero-order valence-electron chi connectivity index (χ0n) is 2.25. The molecule has 0 unspecified atom stereocenters. The first kappa shape index (κ1) is 9.24. The van der Waals surface area contributed by atoms with E-state index in [9.17, 15) is 0 Å². The van der Waals surface area contributed by atoms with E-state index in [2.05, 4.69) is 0 Å². The molecule has 0 aliphatic carbocycles. The molecule has 0 rings (SSSR count). The molecule has 26 valence electrons. The Bertz CT molecular complexity index is 55.3. The summed E-state index contributed by atoms with van der Waals surface area (Å²) < 4.78 is 17.0. The van der Waals surface area contributed by atoms with Gasteiger partial charge in [-0.3, -0.25) is 9.13 Å². The summed E-state index contributed by atoms with van der Waals surface area (Å²) >= 11 is 0. The Hall–Kier alpha value is 0.782. The van der Waals surface area contributed by atoms with E-state index < -0.39 is 7.91 Å². The van der Waals surface area contributed by atoms with E-state index in [-0.39, 0.29) is 27.3 Å². The first-order chi connectivity index (χ1) is 1.73. The van der Waals surface area contributed by atoms with Crippen LogP contribution in [0, 0.1) is 0 Å². The van der Waals surface area contributed by atoms with Crippen LogP contribution in [-0.2, 0) is 9.13 Å². The fraction of sp³-hybridized carbons (Fsp3) is 0. The summed E-state index contributed by atoms with van der Waals surface area (Å²) in [6.45, 7) is 0. The quantitative estimate of drug-likeness (QED) is 0.426. The molecule has 0 N–H and O–H groups in total. The topological polar surface area (TPSA) is 57.2 Å². The third-order valence-electron chi connectivity index (χ3n) is 0. The standard InChI is InChI=1S/HO3P.Tl/c1-4(2)3;/h(H,1,2,3);/q;+1/p-1. The number of hydrogen-bond acceptors (Lipinski definition) is 3. The van der Waals surface area contributed by atoms with Crippen molar-refractivity contribution in [3.8, 4) is 0 Å². The molecule has 0 atom stereocenters. The second-order valence-electron chi connectivity index (χ2n) is 0.224. The zero-order valence-corrected chi connectivity index (χ0v) is 7.63. The van der Waals surface area contributed by atoms with Crippen molar-refractivity contribution in [1.82, 2.24) is 0 Å². The Labute approximate surface area is 49.4 Å². The van der Waals surface area contributed by atoms with Crippen LogP contribution in [0.25, 0.3) is 0 Å². The van der Waals surface area contributed by atoms with Crippen molar-refractivity contribution in [2.45, 2.75) is 0 Å². The molecule has 0 bridgehead atoms. The van der Waals surface area contributed by atoms with Gasteiger partial charge in [0, 0.05) is 0 Å². The summed E-state index contributed by atoms with van der Waals surface area (Å²) in [4.78, 5) is 8.48. The van der Waals surface area contributed by atoms with Gasteiger partial charge >= 0.3 is 27.3 Å². The molecule has 0 fully saturated rings. The molecule has 0 aromatic carbocycles. The second-order valence-corrected chi connectivity index (χ2v) is 0.671. The first-order valence-corrected chi connectivity index (χ1v) is 1.64. The molecule has 0 aromatic heterocycles. The third-order valence-corrected chi connectivity index (χ3v) is 0. The Morgan fingerprint density at radius 1 is 1.40 bits per heavy atom. The van der Waals surface area contributed by atoms with Gasteiger partial charge < -0.3 is 4.89 Å². The van der Waals surface area contributed by atoms with E-state index in [1.807, 2.05) is 0 Å². The van der Waals surface area contributed by atoms with Crippen LogP contribution >= 0.6 is 7.91 Å². The number of rotatable bonds is 0. The fourth-order valence-electron chi connectivity index (χ4n) is 0. The van der Waals surface area contributed by atoms with Crippen molar-refractivity contribution in [3.05, 3.63) is 0 Å². The zero-order chi connectivity index (χ0) is 3.58. The average Bonchev–Trinajstić information content (AvgIpc) is 0.811. The molecule has 0 aromatic rings. The molecule has 3 nitrogen and oxygen atoms in total. The van der Waals surface area contributed by atoms with E-state index in [1.165, 1.54) is 0 Å². The van der Waals surface area contributed by atoms with Gasteiger partial charge in [0.1, 0.15) is 0 Å². The van der Waals surface area contributed by atoms with Gasteiger partial charge in [0.15, 0.2) is 0 Å². The van der Waals surface area contributed by atoms with Crippen molar-refractivity contribution in [1.29, 1.82) is 0 Å². The van der Waals surface area contributed by atoms with Crippen LogP contribution in [0.4, 0.5) is 0 Å². The number of hydrogen-bond donors (Lipinski definition) is 0. The van der Waals surface area contributed by atoms with Crippen molar-refractivity contribution in [3.63, 3.8) is 0 Å². The van der Waals surface area contributed by atoms with E-state index in [1.54, 1.807) is 0 Å². The molecule has 0 spiro atoms. The molecule has 5 heavy (non-hydrogen) atoms. The van der Waals surface area contributed by atoms with Crippen molar-refractivity contribution in [2.24, 2.45) is 0 Å². The Morgan fingerprint density at radius 3 is 1.40 bits per heavy atom. The summed E-state index contributed by atoms with van der Waals surface area (Å²) in [6, 6.07) is 0. The SMILES string of the molecule is O=P(=O)[O-].[Tl+]. The van der Waals surface area contributed by atoms with Gasteiger partial charge in [0.05, 0.1) is 0 Å². The van der Waals surface area contributed by atoms with Crippen LogP contribution in [0.1, 0.15) is 0 Å². The maximum atomic E-state index is 8.48. The third kappa shape index (κ3) is 60.5. The minimum Gasteiger partial charge on any atom is -0.744 e. The molecule has 5 heteroatoms. The van der Waals surface area contributed by atoms with Gasteiger partial charge in [-0.05, 0) is 0 Å². The van der Waals surface area contributed by atoms with Gasteiger partial charge in [0.25, 0.3) is 0 Å². The predicted molar refractivity (Wildman–Crippen MR) is 14.0 cm³/mol. The summed E-state index contributed by atoms with van der Waals surface area (Å²) in [5, 5.41) is 0. The van der Waals surface area contributed by atoms with Gasteiger partial charge in [-0.2, -0.15) is 0 Å². The van der Waals surface area contributed by atoms with E-state index in [0.29, 0.717) is 0 Å². The van der Waals surface area contributed by atoms with Gasteiger partial charge in [0.2, 0.25) is 7.91 Å². The second kappa shape index (κ2) is 4.78. The summed E-state index contributed by atoms with van der Waals surface area (Å²) in [5.74, 6) is 0. The molecular formula is O3PTl. The van der Waals surface area contributed by atoms with Gasteiger partial charge in [-0.25, -0.2) is 0 Å². The normalized spacial score (nSPS) is 5.00. The largest absolute Gasteiger partial charge is 1.00 e.